The Labute approximate surface area is 66.3 Å². The summed E-state index contributed by atoms with van der Waals surface area (Å²) in [5, 5.41) is 3.22. The molecule has 1 aliphatic heterocycles. The van der Waals surface area contributed by atoms with Crippen molar-refractivity contribution in [3.8, 4) is 0 Å². The first-order valence-corrected chi connectivity index (χ1v) is 2.21. The first-order chi connectivity index (χ1) is 2.50. The van der Waals surface area contributed by atoms with E-state index >= 15 is 0 Å². The molecule has 0 atom stereocenters. The number of hydrogen-bond donors (Lipinski definition) is 1. The molecule has 0 aliphatic carbocycles. The smallest absolute Gasteiger partial charge is 0.870 e. The quantitative estimate of drug-likeness (QED) is 0.343. The van der Waals surface area contributed by atoms with Crippen LogP contribution in [0.2, 0.25) is 0 Å². The Hall–Kier alpha value is 0.920. The molecule has 0 unspecified atom stereocenters. The fourth-order valence-electron chi connectivity index (χ4n) is 0.625. The van der Waals surface area contributed by atoms with E-state index in [0.29, 0.717) is 0 Å². The molecule has 3 heteroatoms. The zero-order chi connectivity index (χ0) is 3.54. The van der Waals surface area contributed by atoms with Crippen molar-refractivity contribution in [2.75, 3.05) is 13.1 Å². The van der Waals surface area contributed by atoms with Crippen molar-refractivity contribution in [1.29, 1.82) is 0 Å². The van der Waals surface area contributed by atoms with Gasteiger partial charge in [0.1, 0.15) is 0 Å². The summed E-state index contributed by atoms with van der Waals surface area (Å²) in [6, 6.07) is 0. The maximum Gasteiger partial charge on any atom is 1.00 e. The van der Waals surface area contributed by atoms with Gasteiger partial charge in [-0.1, -0.05) is 0 Å². The summed E-state index contributed by atoms with van der Waals surface area (Å²) in [6.45, 7) is 2.50. The Kier molecular flexibility index (Phi) is 10.7. The summed E-state index contributed by atoms with van der Waals surface area (Å²) >= 11 is 0. The van der Waals surface area contributed by atoms with Crippen LogP contribution in [0, 0.1) is 0 Å². The van der Waals surface area contributed by atoms with Crippen LogP contribution in [0.4, 0.5) is 0 Å². The van der Waals surface area contributed by atoms with E-state index in [4.69, 9.17) is 0 Å². The van der Waals surface area contributed by atoms with Crippen LogP contribution in [-0.4, -0.2) is 18.6 Å². The molecular weight excluding hydrogens is 101 g/mol. The van der Waals surface area contributed by atoms with Crippen LogP contribution in [0.1, 0.15) is 12.8 Å². The average molecular weight is 111 g/mol. The van der Waals surface area contributed by atoms with E-state index in [1.165, 1.54) is 25.9 Å². The molecule has 2 nitrogen and oxygen atoms in total. The van der Waals surface area contributed by atoms with Crippen molar-refractivity contribution in [2.24, 2.45) is 0 Å². The topological polar surface area (TPSA) is 42.0 Å². The van der Waals surface area contributed by atoms with E-state index in [1.807, 2.05) is 0 Å². The molecule has 0 spiro atoms. The summed E-state index contributed by atoms with van der Waals surface area (Å²) in [7, 11) is 0. The van der Waals surface area contributed by atoms with Crippen LogP contribution >= 0.6 is 0 Å². The van der Waals surface area contributed by atoms with Gasteiger partial charge in [0.25, 0.3) is 0 Å². The third-order valence-electron chi connectivity index (χ3n) is 0.957. The standard InChI is InChI=1S/C4H9N.Na.H2O/c1-2-4-5-3-1;;/h5H,1-4H2;;1H2/q;+1;/p-1. The maximum atomic E-state index is 3.22. The second-order valence-corrected chi connectivity index (χ2v) is 1.46. The van der Waals surface area contributed by atoms with E-state index in [9.17, 15) is 0 Å². The molecule has 0 amide bonds. The molecule has 2 N–H and O–H groups in total. The van der Waals surface area contributed by atoms with E-state index in [0.717, 1.165) is 0 Å². The zero-order valence-electron chi connectivity index (χ0n) is 4.78. The molecule has 7 heavy (non-hydrogen) atoms. The molecule has 0 aromatic heterocycles. The largest absolute Gasteiger partial charge is 1.00 e. The predicted molar refractivity (Wildman–Crippen MR) is 24.0 cm³/mol. The minimum Gasteiger partial charge on any atom is -0.870 e. The molecule has 0 aromatic carbocycles. The van der Waals surface area contributed by atoms with Crippen molar-refractivity contribution in [3.63, 3.8) is 0 Å². The number of nitrogens with one attached hydrogen (secondary N) is 1. The monoisotopic (exact) mass is 111 g/mol. The molecule has 0 aromatic rings. The van der Waals surface area contributed by atoms with Gasteiger partial charge in [0, 0.05) is 0 Å². The normalized spacial score (nSPS) is 17.1. The Balaban J connectivity index is 0. The van der Waals surface area contributed by atoms with Crippen LogP contribution in [0.5, 0.6) is 0 Å². The number of rotatable bonds is 0. The number of hydrogen-bond acceptors (Lipinski definition) is 2. The van der Waals surface area contributed by atoms with Gasteiger partial charge in [-0.15, -0.1) is 0 Å². The summed E-state index contributed by atoms with van der Waals surface area (Å²) in [5.74, 6) is 0. The van der Waals surface area contributed by atoms with Crippen molar-refractivity contribution in [1.82, 2.24) is 5.32 Å². The average Bonchev–Trinajstić information content (AvgIpc) is 1.76. The molecule has 1 aliphatic rings. The molecule has 0 radical (unpaired) electrons. The van der Waals surface area contributed by atoms with E-state index < -0.39 is 0 Å². The Morgan fingerprint density at radius 3 is 1.57 bits per heavy atom. The molecule has 38 valence electrons. The van der Waals surface area contributed by atoms with Crippen LogP contribution in [-0.2, 0) is 0 Å². The minimum absolute atomic E-state index is 0. The third-order valence-corrected chi connectivity index (χ3v) is 0.957. The Bertz CT molecular complexity index is 23.3. The van der Waals surface area contributed by atoms with Crippen LogP contribution in [0.3, 0.4) is 0 Å². The SMILES string of the molecule is C1CCNC1.[Na+].[OH-]. The van der Waals surface area contributed by atoms with Gasteiger partial charge >= 0.3 is 29.6 Å². The minimum atomic E-state index is 0. The van der Waals surface area contributed by atoms with E-state index in [-0.39, 0.29) is 35.0 Å². The predicted octanol–water partition coefficient (Wildman–Crippen LogP) is -2.80. The Morgan fingerprint density at radius 1 is 1.00 bits per heavy atom. The van der Waals surface area contributed by atoms with E-state index in [2.05, 4.69) is 5.32 Å². The van der Waals surface area contributed by atoms with Gasteiger partial charge in [0.05, 0.1) is 0 Å². The summed E-state index contributed by atoms with van der Waals surface area (Å²) in [6.07, 6.45) is 2.78. The third kappa shape index (κ3) is 4.78. The van der Waals surface area contributed by atoms with Gasteiger partial charge in [-0.3, -0.25) is 0 Å². The van der Waals surface area contributed by atoms with E-state index in [1.54, 1.807) is 0 Å². The fourth-order valence-corrected chi connectivity index (χ4v) is 0.625. The van der Waals surface area contributed by atoms with Gasteiger partial charge in [0.2, 0.25) is 0 Å². The molecule has 1 rings (SSSR count). The summed E-state index contributed by atoms with van der Waals surface area (Å²) in [5.41, 5.74) is 0. The molecule has 0 bridgehead atoms. The van der Waals surface area contributed by atoms with Gasteiger partial charge in [-0.05, 0) is 25.9 Å². The molecular formula is C4H10NNaO. The summed E-state index contributed by atoms with van der Waals surface area (Å²) < 4.78 is 0. The second kappa shape index (κ2) is 6.92. The fraction of sp³-hybridized carbons (Fsp3) is 1.00. The zero-order valence-corrected chi connectivity index (χ0v) is 6.78. The Morgan fingerprint density at radius 2 is 1.43 bits per heavy atom. The molecule has 1 fully saturated rings. The van der Waals surface area contributed by atoms with Crippen LogP contribution in [0.25, 0.3) is 0 Å². The van der Waals surface area contributed by atoms with Crippen molar-refractivity contribution in [2.45, 2.75) is 12.8 Å². The first-order valence-electron chi connectivity index (χ1n) is 2.21. The summed E-state index contributed by atoms with van der Waals surface area (Å²) in [4.78, 5) is 0. The van der Waals surface area contributed by atoms with Gasteiger partial charge < -0.3 is 10.8 Å². The maximum absolute atomic E-state index is 3.22. The van der Waals surface area contributed by atoms with Gasteiger partial charge in [0.15, 0.2) is 0 Å². The van der Waals surface area contributed by atoms with Crippen LogP contribution in [0.15, 0.2) is 0 Å². The van der Waals surface area contributed by atoms with Crippen molar-refractivity contribution < 1.29 is 35.0 Å². The van der Waals surface area contributed by atoms with Gasteiger partial charge in [-0.25, -0.2) is 0 Å². The second-order valence-electron chi connectivity index (χ2n) is 1.46. The van der Waals surface area contributed by atoms with Crippen molar-refractivity contribution in [3.05, 3.63) is 0 Å². The first kappa shape index (κ1) is 10.8. The molecule has 1 heterocycles. The van der Waals surface area contributed by atoms with Crippen molar-refractivity contribution >= 4 is 0 Å². The molecule has 0 saturated carbocycles. The van der Waals surface area contributed by atoms with Crippen LogP contribution < -0.4 is 34.9 Å². The molecule has 1 saturated heterocycles. The van der Waals surface area contributed by atoms with Gasteiger partial charge in [-0.2, -0.15) is 0 Å².